The van der Waals surface area contributed by atoms with Crippen molar-refractivity contribution in [2.75, 3.05) is 13.1 Å². The Hall–Kier alpha value is -2.66. The minimum Gasteiger partial charge on any atom is -0.339 e. The molecule has 0 N–H and O–H groups in total. The van der Waals surface area contributed by atoms with E-state index in [9.17, 15) is 9.59 Å². The van der Waals surface area contributed by atoms with Crippen LogP contribution in [0, 0.1) is 19.8 Å². The topological polar surface area (TPSA) is 55.2 Å². The third kappa shape index (κ3) is 3.31. The number of hydrogen-bond donors (Lipinski definition) is 0. The molecule has 0 bridgehead atoms. The van der Waals surface area contributed by atoms with Gasteiger partial charge in [-0.1, -0.05) is 23.7 Å². The largest absolute Gasteiger partial charge is 0.339 e. The molecule has 3 aromatic rings. The zero-order valence-electron chi connectivity index (χ0n) is 16.0. The Bertz CT molecular complexity index is 1060. The minimum absolute atomic E-state index is 0.0515. The monoisotopic (exact) mass is 395 g/mol. The quantitative estimate of drug-likeness (QED) is 0.642. The Morgan fingerprint density at radius 2 is 1.75 bits per heavy atom. The van der Waals surface area contributed by atoms with Crippen LogP contribution in [-0.2, 0) is 0 Å². The molecule has 1 aromatic heterocycles. The van der Waals surface area contributed by atoms with Crippen molar-refractivity contribution < 1.29 is 9.59 Å². The molecule has 6 heteroatoms. The second-order valence-corrected chi connectivity index (χ2v) is 7.83. The molecule has 0 atom stereocenters. The van der Waals surface area contributed by atoms with E-state index in [0.29, 0.717) is 36.5 Å². The van der Waals surface area contributed by atoms with E-state index in [2.05, 4.69) is 4.98 Å². The lowest BCUT2D eigenvalue weighted by atomic mass is 9.95. The van der Waals surface area contributed by atoms with Crippen LogP contribution in [0.5, 0.6) is 0 Å². The number of aryl methyl sites for hydroxylation is 2. The highest BCUT2D eigenvalue weighted by molar-refractivity contribution is 6.33. The molecule has 0 unspecified atom stereocenters. The fraction of sp³-hybridized carbons (Fsp3) is 0.318. The number of halogens is 1. The molecular weight excluding hydrogens is 374 g/mol. The van der Waals surface area contributed by atoms with Crippen molar-refractivity contribution in [3.63, 3.8) is 0 Å². The Morgan fingerprint density at radius 1 is 1.07 bits per heavy atom. The third-order valence-corrected chi connectivity index (χ3v) is 5.97. The summed E-state index contributed by atoms with van der Waals surface area (Å²) in [4.78, 5) is 32.0. The fourth-order valence-corrected chi connectivity index (χ4v) is 3.99. The predicted molar refractivity (Wildman–Crippen MR) is 110 cm³/mol. The molecule has 2 heterocycles. The van der Waals surface area contributed by atoms with Crippen molar-refractivity contribution in [1.82, 2.24) is 14.5 Å². The lowest BCUT2D eigenvalue weighted by molar-refractivity contribution is 0.0623. The molecule has 0 radical (unpaired) electrons. The molecule has 2 aromatic carbocycles. The summed E-state index contributed by atoms with van der Waals surface area (Å²) in [7, 11) is 0. The number of rotatable bonds is 2. The first-order chi connectivity index (χ1) is 13.5. The lowest BCUT2D eigenvalue weighted by Gasteiger charge is -2.31. The van der Waals surface area contributed by atoms with Crippen molar-refractivity contribution in [1.29, 1.82) is 0 Å². The number of hydrogen-bond acceptors (Lipinski definition) is 3. The molecule has 1 saturated heterocycles. The Kier molecular flexibility index (Phi) is 4.94. The van der Waals surface area contributed by atoms with Crippen LogP contribution in [0.2, 0.25) is 5.02 Å². The van der Waals surface area contributed by atoms with Crippen LogP contribution in [0.15, 0.2) is 42.7 Å². The van der Waals surface area contributed by atoms with Gasteiger partial charge in [0.15, 0.2) is 0 Å². The number of amides is 1. The summed E-state index contributed by atoms with van der Waals surface area (Å²) in [6.45, 7) is 5.17. The summed E-state index contributed by atoms with van der Waals surface area (Å²) < 4.78 is 1.66. The van der Waals surface area contributed by atoms with Crippen LogP contribution in [0.4, 0.5) is 0 Å². The smallest absolute Gasteiger partial charge is 0.255 e. The van der Waals surface area contributed by atoms with E-state index in [1.54, 1.807) is 27.9 Å². The van der Waals surface area contributed by atoms with Gasteiger partial charge in [-0.25, -0.2) is 4.98 Å². The summed E-state index contributed by atoms with van der Waals surface area (Å²) in [5.41, 5.74) is 4.50. The first-order valence-electron chi connectivity index (χ1n) is 9.48. The van der Waals surface area contributed by atoms with Crippen LogP contribution in [0.3, 0.4) is 0 Å². The number of aromatic nitrogens is 2. The minimum atomic E-state index is -0.116. The summed E-state index contributed by atoms with van der Waals surface area (Å²) in [5, 5.41) is 0.459. The Balaban J connectivity index is 1.48. The van der Waals surface area contributed by atoms with E-state index < -0.39 is 0 Å². The predicted octanol–water partition coefficient (Wildman–Crippen LogP) is 4.50. The van der Waals surface area contributed by atoms with Gasteiger partial charge in [0, 0.05) is 19.0 Å². The molecule has 1 fully saturated rings. The van der Waals surface area contributed by atoms with Gasteiger partial charge >= 0.3 is 0 Å². The van der Waals surface area contributed by atoms with Gasteiger partial charge in [-0.2, -0.15) is 0 Å². The standard InChI is InChI=1S/C22H22ClN3O2/c1-14-11-19-20(12-15(14)2)26(13-24-19)21(27)16-7-9-25(10-8-16)22(28)17-5-3-4-6-18(17)23/h3-6,11-13,16H,7-10H2,1-2H3. The van der Waals surface area contributed by atoms with Gasteiger partial charge in [0.1, 0.15) is 6.33 Å². The summed E-state index contributed by atoms with van der Waals surface area (Å²) in [6, 6.07) is 11.1. The van der Waals surface area contributed by atoms with Crippen LogP contribution in [-0.4, -0.2) is 39.4 Å². The number of carbonyl (C=O) groups excluding carboxylic acids is 2. The fourth-order valence-electron chi connectivity index (χ4n) is 3.77. The molecule has 0 aliphatic carbocycles. The lowest BCUT2D eigenvalue weighted by Crippen LogP contribution is -2.41. The highest BCUT2D eigenvalue weighted by Gasteiger charge is 2.30. The number of piperidine rings is 1. The second kappa shape index (κ2) is 7.40. The van der Waals surface area contributed by atoms with Gasteiger partial charge in [0.25, 0.3) is 5.91 Å². The molecular formula is C22H22ClN3O2. The van der Waals surface area contributed by atoms with Gasteiger partial charge in [-0.3, -0.25) is 14.2 Å². The van der Waals surface area contributed by atoms with E-state index in [1.165, 1.54) is 0 Å². The van der Waals surface area contributed by atoms with Gasteiger partial charge < -0.3 is 4.90 Å². The Morgan fingerprint density at radius 3 is 2.46 bits per heavy atom. The molecule has 144 valence electrons. The molecule has 1 aliphatic heterocycles. The van der Waals surface area contributed by atoms with E-state index >= 15 is 0 Å². The molecule has 4 rings (SSSR count). The third-order valence-electron chi connectivity index (χ3n) is 5.64. The highest BCUT2D eigenvalue weighted by Crippen LogP contribution is 2.25. The number of benzene rings is 2. The maximum absolute atomic E-state index is 13.1. The van der Waals surface area contributed by atoms with Crippen molar-refractivity contribution in [3.05, 3.63) is 64.4 Å². The molecule has 0 spiro atoms. The number of likely N-dealkylation sites (tertiary alicyclic amines) is 1. The SMILES string of the molecule is Cc1cc2ncn(C(=O)C3CCN(C(=O)c4ccccc4Cl)CC3)c2cc1C. The first kappa shape index (κ1) is 18.7. The molecule has 1 aliphatic rings. The maximum Gasteiger partial charge on any atom is 0.255 e. The molecule has 28 heavy (non-hydrogen) atoms. The first-order valence-corrected chi connectivity index (χ1v) is 9.86. The zero-order chi connectivity index (χ0) is 19.8. The van der Waals surface area contributed by atoms with Crippen molar-refractivity contribution in [2.45, 2.75) is 26.7 Å². The average molecular weight is 396 g/mol. The van der Waals surface area contributed by atoms with E-state index in [4.69, 9.17) is 11.6 Å². The number of nitrogens with zero attached hydrogens (tertiary/aromatic N) is 3. The average Bonchev–Trinajstić information content (AvgIpc) is 3.10. The molecule has 1 amide bonds. The van der Waals surface area contributed by atoms with Gasteiger partial charge in [0.05, 0.1) is 21.6 Å². The van der Waals surface area contributed by atoms with Gasteiger partial charge in [-0.05, 0) is 62.1 Å². The van der Waals surface area contributed by atoms with Crippen LogP contribution < -0.4 is 0 Å². The van der Waals surface area contributed by atoms with Crippen LogP contribution in [0.25, 0.3) is 11.0 Å². The normalized spacial score (nSPS) is 15.2. The summed E-state index contributed by atoms with van der Waals surface area (Å²) >= 11 is 6.15. The van der Waals surface area contributed by atoms with Gasteiger partial charge in [0.2, 0.25) is 5.91 Å². The van der Waals surface area contributed by atoms with E-state index in [0.717, 1.165) is 22.2 Å². The van der Waals surface area contributed by atoms with Gasteiger partial charge in [-0.15, -0.1) is 0 Å². The second-order valence-electron chi connectivity index (χ2n) is 7.42. The van der Waals surface area contributed by atoms with Crippen molar-refractivity contribution in [2.24, 2.45) is 5.92 Å². The van der Waals surface area contributed by atoms with E-state index in [1.807, 2.05) is 38.1 Å². The Labute approximate surface area is 168 Å². The highest BCUT2D eigenvalue weighted by atomic mass is 35.5. The van der Waals surface area contributed by atoms with E-state index in [-0.39, 0.29) is 17.7 Å². The summed E-state index contributed by atoms with van der Waals surface area (Å²) in [6.07, 6.45) is 2.90. The number of imidazole rings is 1. The molecule has 0 saturated carbocycles. The summed E-state index contributed by atoms with van der Waals surface area (Å²) in [5.74, 6) is -0.138. The number of fused-ring (bicyclic) bond motifs is 1. The van der Waals surface area contributed by atoms with Crippen LogP contribution >= 0.6 is 11.6 Å². The molecule has 5 nitrogen and oxygen atoms in total. The maximum atomic E-state index is 13.1. The zero-order valence-corrected chi connectivity index (χ0v) is 16.7. The van der Waals surface area contributed by atoms with Crippen molar-refractivity contribution in [3.8, 4) is 0 Å². The van der Waals surface area contributed by atoms with Crippen LogP contribution in [0.1, 0.15) is 39.1 Å². The number of carbonyl (C=O) groups is 2. The van der Waals surface area contributed by atoms with Crippen molar-refractivity contribution >= 4 is 34.4 Å².